The summed E-state index contributed by atoms with van der Waals surface area (Å²) >= 11 is 0. The molecule has 0 atom stereocenters. The van der Waals surface area contributed by atoms with E-state index in [2.05, 4.69) is 10.9 Å². The topological polar surface area (TPSA) is 75.3 Å². The maximum atomic E-state index is 12.4. The van der Waals surface area contributed by atoms with Crippen LogP contribution in [0.4, 0.5) is 0 Å². The third-order valence-electron chi connectivity index (χ3n) is 4.84. The Morgan fingerprint density at radius 2 is 1.40 bits per heavy atom. The lowest BCUT2D eigenvalue weighted by Gasteiger charge is -2.10. The van der Waals surface area contributed by atoms with E-state index in [0.29, 0.717) is 11.1 Å². The van der Waals surface area contributed by atoms with E-state index in [-0.39, 0.29) is 24.5 Å². The molecule has 0 bridgehead atoms. The molecule has 3 aromatic rings. The Labute approximate surface area is 176 Å². The van der Waals surface area contributed by atoms with Gasteiger partial charge < -0.3 is 0 Å². The zero-order valence-corrected chi connectivity index (χ0v) is 17.1. The Morgan fingerprint density at radius 3 is 2.07 bits per heavy atom. The van der Waals surface area contributed by atoms with Gasteiger partial charge in [-0.3, -0.25) is 25.2 Å². The maximum absolute atomic E-state index is 12.4. The number of nitrogens with one attached hydrogen (secondary N) is 2. The smallest absolute Gasteiger partial charge is 0.269 e. The van der Waals surface area contributed by atoms with E-state index in [0.717, 1.165) is 22.3 Å². The first kappa shape index (κ1) is 21.0. The average molecular weight is 400 g/mol. The van der Waals surface area contributed by atoms with Gasteiger partial charge in [0.25, 0.3) is 5.91 Å². The van der Waals surface area contributed by atoms with Crippen molar-refractivity contribution < 1.29 is 14.4 Å². The van der Waals surface area contributed by atoms with Crippen LogP contribution in [0.2, 0.25) is 0 Å². The number of rotatable bonds is 6. The molecular weight excluding hydrogens is 376 g/mol. The molecule has 3 aromatic carbocycles. The predicted molar refractivity (Wildman–Crippen MR) is 117 cm³/mol. The Morgan fingerprint density at radius 1 is 0.733 bits per heavy atom. The summed E-state index contributed by atoms with van der Waals surface area (Å²) in [4.78, 5) is 36.6. The lowest BCUT2D eigenvalue weighted by Crippen LogP contribution is -2.41. The molecule has 0 spiro atoms. The average Bonchev–Trinajstić information content (AvgIpc) is 2.76. The van der Waals surface area contributed by atoms with Crippen molar-refractivity contribution in [2.45, 2.75) is 26.7 Å². The highest BCUT2D eigenvalue weighted by atomic mass is 16.2. The number of carbonyl (C=O) groups excluding carboxylic acids is 3. The van der Waals surface area contributed by atoms with Gasteiger partial charge in [-0.15, -0.1) is 0 Å². The highest BCUT2D eigenvalue weighted by Gasteiger charge is 2.12. The van der Waals surface area contributed by atoms with E-state index < -0.39 is 5.91 Å². The fourth-order valence-electron chi connectivity index (χ4n) is 3.18. The molecule has 0 aliphatic rings. The van der Waals surface area contributed by atoms with Gasteiger partial charge in [0.2, 0.25) is 5.91 Å². The molecule has 5 nitrogen and oxygen atoms in total. The molecule has 0 heterocycles. The van der Waals surface area contributed by atoms with Gasteiger partial charge in [-0.05, 0) is 36.6 Å². The molecule has 2 amide bonds. The van der Waals surface area contributed by atoms with Gasteiger partial charge in [-0.1, -0.05) is 72.3 Å². The molecule has 5 heteroatoms. The molecule has 0 fully saturated rings. The second-order valence-electron chi connectivity index (χ2n) is 7.19. The van der Waals surface area contributed by atoms with Crippen molar-refractivity contribution in [3.8, 4) is 11.1 Å². The summed E-state index contributed by atoms with van der Waals surface area (Å²) in [6.45, 7) is 3.79. The number of hydrogen-bond donors (Lipinski definition) is 2. The van der Waals surface area contributed by atoms with Crippen molar-refractivity contribution in [2.24, 2.45) is 0 Å². The number of Topliss-reactive ketones (excluding diaryl/α,β-unsaturated/α-hetero) is 1. The third-order valence-corrected chi connectivity index (χ3v) is 4.84. The van der Waals surface area contributed by atoms with Gasteiger partial charge in [0.05, 0.1) is 0 Å². The standard InChI is InChI=1S/C25H24N2O3/c1-17-8-13-22(18(2)16-17)25(30)27-26-24(29)15-14-23(28)21-11-9-20(10-12-21)19-6-4-3-5-7-19/h3-13,16H,14-15H2,1-2H3,(H,26,29)(H,27,30). The van der Waals surface area contributed by atoms with Crippen LogP contribution in [-0.4, -0.2) is 17.6 Å². The summed E-state index contributed by atoms with van der Waals surface area (Å²) in [5, 5.41) is 0. The highest BCUT2D eigenvalue weighted by molar-refractivity contribution is 5.99. The van der Waals surface area contributed by atoms with E-state index in [1.807, 2.05) is 68.4 Å². The first-order chi connectivity index (χ1) is 14.4. The van der Waals surface area contributed by atoms with Crippen molar-refractivity contribution in [1.29, 1.82) is 0 Å². The molecule has 0 unspecified atom stereocenters. The molecule has 152 valence electrons. The molecular formula is C25H24N2O3. The molecule has 3 rings (SSSR count). The normalized spacial score (nSPS) is 10.3. The van der Waals surface area contributed by atoms with E-state index in [1.165, 1.54) is 0 Å². The molecule has 30 heavy (non-hydrogen) atoms. The van der Waals surface area contributed by atoms with Crippen LogP contribution in [0.5, 0.6) is 0 Å². The molecule has 0 saturated heterocycles. The number of aryl methyl sites for hydroxylation is 2. The Balaban J connectivity index is 1.48. The van der Waals surface area contributed by atoms with Crippen molar-refractivity contribution in [2.75, 3.05) is 0 Å². The van der Waals surface area contributed by atoms with Crippen LogP contribution in [0.1, 0.15) is 44.7 Å². The Kier molecular flexibility index (Phi) is 6.75. The Hall–Kier alpha value is -3.73. The highest BCUT2D eigenvalue weighted by Crippen LogP contribution is 2.20. The summed E-state index contributed by atoms with van der Waals surface area (Å²) in [7, 11) is 0. The minimum absolute atomic E-state index is 0.00751. The monoisotopic (exact) mass is 400 g/mol. The summed E-state index contributed by atoms with van der Waals surface area (Å²) in [5.41, 5.74) is 9.82. The van der Waals surface area contributed by atoms with Crippen molar-refractivity contribution in [3.05, 3.63) is 95.1 Å². The number of hydrazine groups is 1. The fourth-order valence-corrected chi connectivity index (χ4v) is 3.18. The number of benzene rings is 3. The largest absolute Gasteiger partial charge is 0.294 e. The quantitative estimate of drug-likeness (QED) is 0.476. The fraction of sp³-hybridized carbons (Fsp3) is 0.160. The zero-order valence-electron chi connectivity index (χ0n) is 17.1. The summed E-state index contributed by atoms with van der Waals surface area (Å²) in [6.07, 6.45) is 0.0579. The number of carbonyl (C=O) groups is 3. The van der Waals surface area contributed by atoms with Gasteiger partial charge in [-0.25, -0.2) is 0 Å². The first-order valence-electron chi connectivity index (χ1n) is 9.79. The van der Waals surface area contributed by atoms with Crippen LogP contribution in [0, 0.1) is 13.8 Å². The SMILES string of the molecule is Cc1ccc(C(=O)NNC(=O)CCC(=O)c2ccc(-c3ccccc3)cc2)c(C)c1. The first-order valence-corrected chi connectivity index (χ1v) is 9.79. The van der Waals surface area contributed by atoms with Crippen molar-refractivity contribution >= 4 is 17.6 Å². The summed E-state index contributed by atoms with van der Waals surface area (Å²) in [5.74, 6) is -0.920. The number of hydrogen-bond acceptors (Lipinski definition) is 3. The second kappa shape index (κ2) is 9.65. The van der Waals surface area contributed by atoms with Gasteiger partial charge in [-0.2, -0.15) is 0 Å². The second-order valence-corrected chi connectivity index (χ2v) is 7.19. The van der Waals surface area contributed by atoms with Crippen LogP contribution in [0.15, 0.2) is 72.8 Å². The van der Waals surface area contributed by atoms with Crippen LogP contribution in [-0.2, 0) is 4.79 Å². The van der Waals surface area contributed by atoms with E-state index in [1.54, 1.807) is 18.2 Å². The van der Waals surface area contributed by atoms with Crippen LogP contribution in [0.3, 0.4) is 0 Å². The van der Waals surface area contributed by atoms with Crippen LogP contribution in [0.25, 0.3) is 11.1 Å². The van der Waals surface area contributed by atoms with Gasteiger partial charge >= 0.3 is 0 Å². The molecule has 0 aromatic heterocycles. The molecule has 2 N–H and O–H groups in total. The van der Waals surface area contributed by atoms with E-state index >= 15 is 0 Å². The minimum atomic E-state index is -0.414. The third kappa shape index (κ3) is 5.41. The summed E-state index contributed by atoms with van der Waals surface area (Å²) in [6, 6.07) is 22.7. The molecule has 0 aliphatic carbocycles. The van der Waals surface area contributed by atoms with E-state index in [9.17, 15) is 14.4 Å². The maximum Gasteiger partial charge on any atom is 0.269 e. The summed E-state index contributed by atoms with van der Waals surface area (Å²) < 4.78 is 0. The number of amides is 2. The predicted octanol–water partition coefficient (Wildman–Crippen LogP) is 4.39. The van der Waals surface area contributed by atoms with Crippen molar-refractivity contribution in [3.63, 3.8) is 0 Å². The lowest BCUT2D eigenvalue weighted by atomic mass is 10.0. The zero-order chi connectivity index (χ0) is 21.5. The van der Waals surface area contributed by atoms with Crippen LogP contribution >= 0.6 is 0 Å². The molecule has 0 radical (unpaired) electrons. The molecule has 0 saturated carbocycles. The van der Waals surface area contributed by atoms with E-state index in [4.69, 9.17) is 0 Å². The van der Waals surface area contributed by atoms with Gasteiger partial charge in [0.1, 0.15) is 0 Å². The lowest BCUT2D eigenvalue weighted by molar-refractivity contribution is -0.121. The van der Waals surface area contributed by atoms with Crippen molar-refractivity contribution in [1.82, 2.24) is 10.9 Å². The van der Waals surface area contributed by atoms with Gasteiger partial charge in [0.15, 0.2) is 5.78 Å². The molecule has 0 aliphatic heterocycles. The minimum Gasteiger partial charge on any atom is -0.294 e. The van der Waals surface area contributed by atoms with Gasteiger partial charge in [0, 0.05) is 24.0 Å². The number of ketones is 1. The van der Waals surface area contributed by atoms with Crippen LogP contribution < -0.4 is 10.9 Å². The Bertz CT molecular complexity index is 1060.